The van der Waals surface area contributed by atoms with Gasteiger partial charge in [0.15, 0.2) is 28.9 Å². The smallest absolute Gasteiger partial charge is 0.155 e. The number of aromatic nitrogens is 5. The second-order valence-corrected chi connectivity index (χ2v) is 33.0. The first kappa shape index (κ1) is 124. The molecule has 0 aliphatic heterocycles. The Labute approximate surface area is 878 Å². The Kier molecular flexibility index (Phi) is 54.4. The summed E-state index contributed by atoms with van der Waals surface area (Å²) in [6.07, 6.45) is 15.6. The summed E-state index contributed by atoms with van der Waals surface area (Å²) in [6.45, 7) is 50.4. The summed E-state index contributed by atoms with van der Waals surface area (Å²) in [5.74, 6) is -0.312. The maximum atomic E-state index is 10.0. The van der Waals surface area contributed by atoms with Gasteiger partial charge in [0, 0.05) is 162 Å². The van der Waals surface area contributed by atoms with E-state index < -0.39 is 0 Å². The van der Waals surface area contributed by atoms with Crippen LogP contribution in [0.4, 0.5) is 0 Å². The summed E-state index contributed by atoms with van der Waals surface area (Å²) in [7, 11) is 0. The molecule has 0 bridgehead atoms. The number of aliphatic hydroxyl groups excluding tert-OH is 5. The molecule has 0 saturated heterocycles. The van der Waals surface area contributed by atoms with Gasteiger partial charge in [-0.1, -0.05) is 232 Å². The molecule has 137 heavy (non-hydrogen) atoms. The molecule has 0 saturated carbocycles. The van der Waals surface area contributed by atoms with E-state index in [9.17, 15) is 24.0 Å². The van der Waals surface area contributed by atoms with E-state index >= 15 is 0 Å². The average Bonchev–Trinajstić information content (AvgIpc) is 0.789. The van der Waals surface area contributed by atoms with Crippen LogP contribution in [0, 0.1) is 148 Å². The standard InChI is InChI=1S/2C19H18N.3C18H16N.5C5H8O2.5Ir/c1-12-9-13(2)14(3)18(10-12)19-15(4)17-8-6-5-7-16(17)11-20-19;1-12-9-10-18(14(3)13(12)2)19-15(4)17-8-6-5-7-16(17)11-20-19;1-12-8-13(2)10-16(9-12)18-14(3)17-7-5-4-6-15(17)11-19-18;1-12-8-9-15(10-13(12)2)18-14(3)17-7-5-4-6-16(17)11-19-18;1-12-8-9-13(2)17(10-12)18-14(3)16-7-5-4-6-15(16)11-19-18;5*1-4(6)3-5(2)7;;;;;/h2*5-9,11H,1-4H3;4-9,11H,1-3H3;4-8,10-11H,1-3H3;4-9,11H,1-3H3;5*3,6H,1-2H3;;;;;/q5*-1;;;;;;;;;;. The fourth-order valence-corrected chi connectivity index (χ4v) is 14.4. The minimum atomic E-state index is -0.125. The van der Waals surface area contributed by atoms with Gasteiger partial charge in [-0.05, 0) is 186 Å². The largest absolute Gasteiger partial charge is 0.512 e. The Morgan fingerprint density at radius 1 is 0.248 bits per heavy atom. The number of pyridine rings is 5. The van der Waals surface area contributed by atoms with Gasteiger partial charge in [-0.2, -0.15) is 0 Å². The normalized spacial score (nSPS) is 10.7. The van der Waals surface area contributed by atoms with E-state index in [-0.39, 0.29) is 158 Å². The number of rotatable bonds is 10. The number of allylic oxidation sites excluding steroid dienone is 10. The fourth-order valence-electron chi connectivity index (χ4n) is 14.4. The first-order chi connectivity index (χ1) is 62.3. The van der Waals surface area contributed by atoms with Crippen molar-refractivity contribution in [3.63, 3.8) is 0 Å². The molecule has 20 heteroatoms. The minimum Gasteiger partial charge on any atom is -0.512 e. The molecule has 0 atom stereocenters. The Morgan fingerprint density at radius 2 is 0.540 bits per heavy atom. The molecule has 0 fully saturated rings. The quantitative estimate of drug-likeness (QED) is 0.0485. The Hall–Kier alpha value is -11.5. The van der Waals surface area contributed by atoms with E-state index in [0.717, 1.165) is 73.0 Å². The van der Waals surface area contributed by atoms with Crippen molar-refractivity contribution in [1.29, 1.82) is 0 Å². The molecule has 0 amide bonds. The predicted octanol–water partition coefficient (Wildman–Crippen LogP) is 28.9. The van der Waals surface area contributed by atoms with Crippen molar-refractivity contribution in [1.82, 2.24) is 24.9 Å². The second-order valence-electron chi connectivity index (χ2n) is 33.0. The van der Waals surface area contributed by atoms with Crippen LogP contribution in [-0.2, 0) is 124 Å². The molecule has 0 aliphatic rings. The Balaban J connectivity index is 0.000000781. The number of carbonyl (C=O) groups excluding carboxylic acids is 5. The molecular weight excluding hydrogens is 2600 g/mol. The maximum Gasteiger partial charge on any atom is 0.155 e. The van der Waals surface area contributed by atoms with Crippen LogP contribution in [0.15, 0.2) is 260 Å². The summed E-state index contributed by atoms with van der Waals surface area (Å²) in [5, 5.41) is 54.1. The number of aryl methyl sites for hydroxylation is 14. The van der Waals surface area contributed by atoms with Gasteiger partial charge in [-0.25, -0.2) is 0 Å². The number of hydrogen-bond acceptors (Lipinski definition) is 15. The number of benzene rings is 10. The number of aliphatic hydroxyl groups is 5. The molecule has 10 aromatic carbocycles. The third-order valence-corrected chi connectivity index (χ3v) is 21.1. The summed E-state index contributed by atoms with van der Waals surface area (Å²) >= 11 is 0. The fraction of sp³-hybridized carbons (Fsp3) is 0.231. The van der Waals surface area contributed by atoms with E-state index in [2.05, 4.69) is 319 Å². The van der Waals surface area contributed by atoms with Gasteiger partial charge in [0.25, 0.3) is 0 Å². The first-order valence-electron chi connectivity index (χ1n) is 43.4. The van der Waals surface area contributed by atoms with Crippen LogP contribution in [0.3, 0.4) is 0 Å². The summed E-state index contributed by atoms with van der Waals surface area (Å²) in [5.41, 5.74) is 31.8. The maximum absolute atomic E-state index is 10.0. The minimum absolute atomic E-state index is 0. The van der Waals surface area contributed by atoms with E-state index in [4.69, 9.17) is 25.5 Å². The van der Waals surface area contributed by atoms with Crippen LogP contribution < -0.4 is 0 Å². The van der Waals surface area contributed by atoms with Crippen molar-refractivity contribution in [2.24, 2.45) is 0 Å². The van der Waals surface area contributed by atoms with E-state index in [1.54, 1.807) is 0 Å². The Morgan fingerprint density at radius 3 is 0.861 bits per heavy atom. The summed E-state index contributed by atoms with van der Waals surface area (Å²) in [6, 6.07) is 76.0. The zero-order valence-electron chi connectivity index (χ0n) is 83.1. The van der Waals surface area contributed by atoms with E-state index in [1.807, 2.05) is 55.2 Å². The SMILES string of the molecule is CC(=O)C=C(C)O.CC(=O)C=C(C)O.CC(=O)C=C(C)O.CC(=O)C=C(C)O.CC(=O)C=C(C)O.Cc1[c-]c(-c2ncc3ccccc3c2C)c(C)c(C)c1.Cc1[c-]c(-c2ncc3ccccc3c2C)c(C)cc1.Cc1[c-]c(-c2ncc3ccccc3c2C)cc(C)c1.Cc1c[c-]c(-c2ncc3ccccc3c2C)c(C)c1C.Cc1c[c-]c(-c2ncc3ccccc3c2C)cc1C.[Ir].[Ir].[Ir].[Ir].[Ir]. The number of carbonyl (C=O) groups is 5. The van der Waals surface area contributed by atoms with Gasteiger partial charge in [0.05, 0.1) is 28.8 Å². The second kappa shape index (κ2) is 60.3. The van der Waals surface area contributed by atoms with Gasteiger partial charge < -0.3 is 50.5 Å². The first-order valence-corrected chi connectivity index (χ1v) is 43.4. The molecule has 0 aliphatic carbocycles. The van der Waals surface area contributed by atoms with E-state index in [1.165, 1.54) is 231 Å². The average molecular weight is 2720 g/mol. The van der Waals surface area contributed by atoms with Crippen molar-refractivity contribution in [2.45, 2.75) is 187 Å². The van der Waals surface area contributed by atoms with Crippen molar-refractivity contribution in [3.05, 3.63) is 385 Å². The molecule has 15 aromatic rings. The molecular formula is C117H124Ir5N5O10-5. The molecule has 15 nitrogen and oxygen atoms in total. The van der Waals surface area contributed by atoms with Crippen LogP contribution >= 0.6 is 0 Å². The van der Waals surface area contributed by atoms with Crippen molar-refractivity contribution < 1.29 is 150 Å². The third kappa shape index (κ3) is 38.8. The molecule has 15 rings (SSSR count). The molecule has 5 radical (unpaired) electrons. The van der Waals surface area contributed by atoms with Gasteiger partial charge in [-0.3, -0.25) is 24.0 Å². The molecule has 5 aromatic heterocycles. The van der Waals surface area contributed by atoms with Crippen molar-refractivity contribution in [2.75, 3.05) is 0 Å². The van der Waals surface area contributed by atoms with Crippen LogP contribution in [-0.4, -0.2) is 79.4 Å². The van der Waals surface area contributed by atoms with Crippen LogP contribution in [0.1, 0.15) is 164 Å². The predicted molar refractivity (Wildman–Crippen MR) is 546 cm³/mol. The molecule has 0 unspecified atom stereocenters. The van der Waals surface area contributed by atoms with Crippen LogP contribution in [0.5, 0.6) is 0 Å². The topological polar surface area (TPSA) is 251 Å². The molecule has 727 valence electrons. The zero-order valence-corrected chi connectivity index (χ0v) is 95.1. The van der Waals surface area contributed by atoms with Gasteiger partial charge >= 0.3 is 0 Å². The van der Waals surface area contributed by atoms with E-state index in [0.29, 0.717) is 0 Å². The molecule has 0 spiro atoms. The molecule has 5 heterocycles. The monoisotopic (exact) mass is 2720 g/mol. The van der Waals surface area contributed by atoms with Gasteiger partial charge in [0.2, 0.25) is 0 Å². The van der Waals surface area contributed by atoms with Gasteiger partial charge in [-0.15, -0.1) is 173 Å². The summed E-state index contributed by atoms with van der Waals surface area (Å²) < 4.78 is 0. The number of fused-ring (bicyclic) bond motifs is 5. The Bertz CT molecular complexity index is 6670. The van der Waals surface area contributed by atoms with Gasteiger partial charge in [0.1, 0.15) is 0 Å². The number of ketones is 5. The number of hydrogen-bond donors (Lipinski definition) is 5. The van der Waals surface area contributed by atoms with Crippen molar-refractivity contribution >= 4 is 82.8 Å². The summed E-state index contributed by atoms with van der Waals surface area (Å²) in [4.78, 5) is 73.3. The van der Waals surface area contributed by atoms with Crippen LogP contribution in [0.25, 0.3) is 110 Å². The number of nitrogens with zero attached hydrogens (tertiary/aromatic N) is 5. The molecule has 5 N–H and O–H groups in total. The van der Waals surface area contributed by atoms with Crippen LogP contribution in [0.2, 0.25) is 0 Å². The van der Waals surface area contributed by atoms with Crippen molar-refractivity contribution in [3.8, 4) is 56.3 Å². The third-order valence-electron chi connectivity index (χ3n) is 21.1. The zero-order chi connectivity index (χ0) is 98.1.